The van der Waals surface area contributed by atoms with Gasteiger partial charge in [0.05, 0.1) is 17.9 Å². The minimum absolute atomic E-state index is 0.198. The molecule has 6 nitrogen and oxygen atoms in total. The predicted molar refractivity (Wildman–Crippen MR) is 67.9 cm³/mol. The second kappa shape index (κ2) is 5.96. The molecular weight excluding hydrogens is 286 g/mol. The lowest BCUT2D eigenvalue weighted by molar-refractivity contribution is -0.122. The van der Waals surface area contributed by atoms with Gasteiger partial charge in [-0.05, 0) is 12.1 Å². The molecule has 0 aliphatic carbocycles. The number of nitrogens with zero attached hydrogens (tertiary/aromatic N) is 1. The summed E-state index contributed by atoms with van der Waals surface area (Å²) >= 11 is 0. The molecule has 0 aromatic heterocycles. The van der Waals surface area contributed by atoms with Crippen molar-refractivity contribution in [2.24, 2.45) is 0 Å². The Morgan fingerprint density at radius 2 is 1.95 bits per heavy atom. The highest BCUT2D eigenvalue weighted by molar-refractivity contribution is 6.52. The van der Waals surface area contributed by atoms with Crippen LogP contribution in [0.1, 0.15) is 10.4 Å². The summed E-state index contributed by atoms with van der Waals surface area (Å²) in [4.78, 5) is 35.7. The third-order valence-corrected chi connectivity index (χ3v) is 2.94. The summed E-state index contributed by atoms with van der Waals surface area (Å²) < 4.78 is 32.1. The molecule has 112 valence electrons. The molecule has 0 fully saturated rings. The SMILES string of the molecule is COCCNC(=O)CN1C(=O)C(=O)c2c(F)ccc(F)c21. The number of nitrogens with one attached hydrogen (secondary N) is 1. The van der Waals surface area contributed by atoms with Crippen molar-refractivity contribution in [3.05, 3.63) is 29.3 Å². The number of Topliss-reactive ketones (excluding diaryl/α,β-unsaturated/α-hetero) is 1. The van der Waals surface area contributed by atoms with Gasteiger partial charge >= 0.3 is 0 Å². The topological polar surface area (TPSA) is 75.7 Å². The van der Waals surface area contributed by atoms with Crippen molar-refractivity contribution >= 4 is 23.3 Å². The molecule has 1 N–H and O–H groups in total. The van der Waals surface area contributed by atoms with Crippen molar-refractivity contribution in [1.82, 2.24) is 5.32 Å². The largest absolute Gasteiger partial charge is 0.383 e. The Labute approximate surface area is 118 Å². The number of ketones is 1. The van der Waals surface area contributed by atoms with Crippen molar-refractivity contribution in [3.8, 4) is 0 Å². The minimum atomic E-state index is -1.16. The normalized spacial score (nSPS) is 13.6. The zero-order valence-corrected chi connectivity index (χ0v) is 11.1. The quantitative estimate of drug-likeness (QED) is 0.625. The molecule has 0 saturated carbocycles. The highest BCUT2D eigenvalue weighted by atomic mass is 19.1. The van der Waals surface area contributed by atoms with Crippen molar-refractivity contribution in [2.75, 3.05) is 31.7 Å². The van der Waals surface area contributed by atoms with Gasteiger partial charge in [0.1, 0.15) is 18.2 Å². The van der Waals surface area contributed by atoms with Gasteiger partial charge in [0.15, 0.2) is 0 Å². The van der Waals surface area contributed by atoms with Gasteiger partial charge in [-0.3, -0.25) is 19.3 Å². The van der Waals surface area contributed by atoms with E-state index in [4.69, 9.17) is 4.74 Å². The van der Waals surface area contributed by atoms with Crippen LogP contribution in [0.2, 0.25) is 0 Å². The second-order valence-electron chi connectivity index (χ2n) is 4.32. The first kappa shape index (κ1) is 15.0. The number of ether oxygens (including phenoxy) is 1. The molecule has 21 heavy (non-hydrogen) atoms. The van der Waals surface area contributed by atoms with Crippen LogP contribution < -0.4 is 10.2 Å². The second-order valence-corrected chi connectivity index (χ2v) is 4.32. The van der Waals surface area contributed by atoms with Crippen LogP contribution in [-0.2, 0) is 14.3 Å². The van der Waals surface area contributed by atoms with E-state index in [1.807, 2.05) is 0 Å². The Morgan fingerprint density at radius 1 is 1.29 bits per heavy atom. The van der Waals surface area contributed by atoms with E-state index < -0.39 is 47.0 Å². The fourth-order valence-electron chi connectivity index (χ4n) is 1.99. The van der Waals surface area contributed by atoms with E-state index in [0.29, 0.717) is 4.90 Å². The zero-order valence-electron chi connectivity index (χ0n) is 11.1. The van der Waals surface area contributed by atoms with Gasteiger partial charge in [-0.15, -0.1) is 0 Å². The van der Waals surface area contributed by atoms with E-state index in [1.165, 1.54) is 7.11 Å². The highest BCUT2D eigenvalue weighted by Gasteiger charge is 2.41. The smallest absolute Gasteiger partial charge is 0.300 e. The summed E-state index contributed by atoms with van der Waals surface area (Å²) in [5.74, 6) is -4.82. The average molecular weight is 298 g/mol. The molecule has 1 aromatic carbocycles. The average Bonchev–Trinajstić information content (AvgIpc) is 2.69. The molecule has 2 amide bonds. The molecule has 0 spiro atoms. The Bertz CT molecular complexity index is 618. The highest BCUT2D eigenvalue weighted by Crippen LogP contribution is 2.33. The number of fused-ring (bicyclic) bond motifs is 1. The van der Waals surface area contributed by atoms with E-state index in [-0.39, 0.29) is 13.2 Å². The number of rotatable bonds is 5. The van der Waals surface area contributed by atoms with Gasteiger partial charge in [-0.2, -0.15) is 0 Å². The molecule has 1 heterocycles. The van der Waals surface area contributed by atoms with Gasteiger partial charge in [-0.1, -0.05) is 0 Å². The lowest BCUT2D eigenvalue weighted by Crippen LogP contribution is -2.41. The third-order valence-electron chi connectivity index (χ3n) is 2.94. The molecule has 0 unspecified atom stereocenters. The van der Waals surface area contributed by atoms with E-state index >= 15 is 0 Å². The van der Waals surface area contributed by atoms with Crippen molar-refractivity contribution in [1.29, 1.82) is 0 Å². The molecule has 0 radical (unpaired) electrons. The molecule has 0 saturated heterocycles. The first-order valence-electron chi connectivity index (χ1n) is 6.07. The fourth-order valence-corrected chi connectivity index (χ4v) is 1.99. The van der Waals surface area contributed by atoms with Crippen LogP contribution in [0, 0.1) is 11.6 Å². The summed E-state index contributed by atoms with van der Waals surface area (Å²) in [6.45, 7) is -0.107. The van der Waals surface area contributed by atoms with E-state index in [2.05, 4.69) is 5.32 Å². The number of methoxy groups -OCH3 is 1. The summed E-state index contributed by atoms with van der Waals surface area (Å²) in [5.41, 5.74) is -1.13. The van der Waals surface area contributed by atoms with Gasteiger partial charge in [0.2, 0.25) is 5.91 Å². The Hall–Kier alpha value is -2.35. The zero-order chi connectivity index (χ0) is 15.6. The van der Waals surface area contributed by atoms with Crippen LogP contribution >= 0.6 is 0 Å². The maximum atomic E-state index is 13.8. The molecule has 1 aliphatic rings. The molecule has 0 atom stereocenters. The number of carbonyl (C=O) groups is 3. The van der Waals surface area contributed by atoms with E-state index in [9.17, 15) is 23.2 Å². The first-order valence-corrected chi connectivity index (χ1v) is 6.07. The lowest BCUT2D eigenvalue weighted by atomic mass is 10.1. The lowest BCUT2D eigenvalue weighted by Gasteiger charge is -2.16. The number of anilines is 1. The Kier molecular flexibility index (Phi) is 4.27. The number of amides is 2. The maximum Gasteiger partial charge on any atom is 0.300 e. The minimum Gasteiger partial charge on any atom is -0.383 e. The number of benzene rings is 1. The summed E-state index contributed by atoms with van der Waals surface area (Å²) in [6.07, 6.45) is 0. The van der Waals surface area contributed by atoms with Crippen molar-refractivity contribution in [3.63, 3.8) is 0 Å². The van der Waals surface area contributed by atoms with Crippen LogP contribution in [0.3, 0.4) is 0 Å². The molecule has 1 aromatic rings. The van der Waals surface area contributed by atoms with Crippen LogP contribution in [0.4, 0.5) is 14.5 Å². The number of halogens is 2. The standard InChI is InChI=1S/C13H12F2N2O4/c1-21-5-4-16-9(18)6-17-11-8(15)3-2-7(14)10(11)12(19)13(17)20/h2-3H,4-6H2,1H3,(H,16,18). The molecule has 2 rings (SSSR count). The fraction of sp³-hybridized carbons (Fsp3) is 0.308. The Balaban J connectivity index is 2.23. The van der Waals surface area contributed by atoms with Gasteiger partial charge in [0, 0.05) is 13.7 Å². The number of hydrogen-bond acceptors (Lipinski definition) is 4. The number of carbonyl (C=O) groups excluding carboxylic acids is 3. The summed E-state index contributed by atoms with van der Waals surface area (Å²) in [6, 6.07) is 1.57. The van der Waals surface area contributed by atoms with Crippen LogP contribution in [0.15, 0.2) is 12.1 Å². The van der Waals surface area contributed by atoms with Crippen LogP contribution in [-0.4, -0.2) is 44.4 Å². The molecule has 8 heteroatoms. The van der Waals surface area contributed by atoms with Crippen LogP contribution in [0.5, 0.6) is 0 Å². The molecule has 0 bridgehead atoms. The van der Waals surface area contributed by atoms with E-state index in [1.54, 1.807) is 0 Å². The monoisotopic (exact) mass is 298 g/mol. The summed E-state index contributed by atoms with van der Waals surface area (Å²) in [7, 11) is 1.45. The van der Waals surface area contributed by atoms with Crippen molar-refractivity contribution in [2.45, 2.75) is 0 Å². The first-order chi connectivity index (χ1) is 9.97. The molecular formula is C13H12F2N2O4. The third kappa shape index (κ3) is 2.75. The predicted octanol–water partition coefficient (Wildman–Crippen LogP) is 0.257. The van der Waals surface area contributed by atoms with Gasteiger partial charge < -0.3 is 10.1 Å². The maximum absolute atomic E-state index is 13.8. The van der Waals surface area contributed by atoms with Gasteiger partial charge in [-0.25, -0.2) is 8.78 Å². The van der Waals surface area contributed by atoms with Gasteiger partial charge in [0.25, 0.3) is 11.7 Å². The molecule has 1 aliphatic heterocycles. The van der Waals surface area contributed by atoms with E-state index in [0.717, 1.165) is 12.1 Å². The number of hydrogen-bond donors (Lipinski definition) is 1. The van der Waals surface area contributed by atoms with Crippen molar-refractivity contribution < 1.29 is 27.9 Å². The Morgan fingerprint density at radius 3 is 2.62 bits per heavy atom. The summed E-state index contributed by atoms with van der Waals surface area (Å²) in [5, 5.41) is 2.43. The van der Waals surface area contributed by atoms with Crippen LogP contribution in [0.25, 0.3) is 0 Å².